The summed E-state index contributed by atoms with van der Waals surface area (Å²) in [5, 5.41) is 3.26. The van der Waals surface area contributed by atoms with Crippen molar-refractivity contribution in [1.29, 1.82) is 0 Å². The highest BCUT2D eigenvalue weighted by Gasteiger charge is 2.34. The summed E-state index contributed by atoms with van der Waals surface area (Å²) in [5.41, 5.74) is 5.53. The van der Waals surface area contributed by atoms with Gasteiger partial charge in [0.15, 0.2) is 0 Å². The molecule has 1 fully saturated rings. The van der Waals surface area contributed by atoms with E-state index in [0.717, 1.165) is 30.8 Å². The quantitative estimate of drug-likeness (QED) is 0.800. The van der Waals surface area contributed by atoms with Crippen LogP contribution in [0.25, 0.3) is 0 Å². The van der Waals surface area contributed by atoms with Crippen LogP contribution in [0.5, 0.6) is 5.75 Å². The van der Waals surface area contributed by atoms with Crippen molar-refractivity contribution in [1.82, 2.24) is 5.32 Å². The lowest BCUT2D eigenvalue weighted by molar-refractivity contribution is -0.124. The van der Waals surface area contributed by atoms with Crippen molar-refractivity contribution < 1.29 is 14.3 Å². The number of carbonyl (C=O) groups is 1. The van der Waals surface area contributed by atoms with Crippen molar-refractivity contribution >= 4 is 5.91 Å². The highest BCUT2D eigenvalue weighted by Crippen LogP contribution is 2.24. The number of rotatable bonds is 7. The van der Waals surface area contributed by atoms with E-state index in [4.69, 9.17) is 15.2 Å². The molecular weight excluding hydrogens is 268 g/mol. The molecule has 0 saturated carbocycles. The smallest absolute Gasteiger partial charge is 0.242 e. The Labute approximate surface area is 125 Å². The summed E-state index contributed by atoms with van der Waals surface area (Å²) in [6, 6.07) is 7.46. The molecule has 5 heteroatoms. The van der Waals surface area contributed by atoms with Crippen LogP contribution in [0.4, 0.5) is 0 Å². The zero-order valence-corrected chi connectivity index (χ0v) is 12.7. The molecule has 21 heavy (non-hydrogen) atoms. The summed E-state index contributed by atoms with van der Waals surface area (Å²) in [5.74, 6) is 0.386. The minimum atomic E-state index is -0.906. The number of primary amides is 1. The number of carbonyl (C=O) groups excluding carboxylic acids is 1. The van der Waals surface area contributed by atoms with Gasteiger partial charge in [0.05, 0.1) is 12.7 Å². The maximum absolute atomic E-state index is 11.9. The molecule has 0 spiro atoms. The predicted octanol–water partition coefficient (Wildman–Crippen LogP) is 1.55. The standard InChI is InChI=1S/C16H24N2O3/c1-3-20-13-8-6-12(7-9-13)16(2,15(17)19)18-11-14-5-4-10-21-14/h6-9,14,18H,3-5,10-11H2,1-2H3,(H2,17,19). The first-order chi connectivity index (χ1) is 10.1. The van der Waals surface area contributed by atoms with E-state index in [1.165, 1.54) is 0 Å². The van der Waals surface area contributed by atoms with E-state index >= 15 is 0 Å². The second-order valence-electron chi connectivity index (χ2n) is 5.46. The fourth-order valence-corrected chi connectivity index (χ4v) is 2.51. The van der Waals surface area contributed by atoms with Gasteiger partial charge in [-0.1, -0.05) is 12.1 Å². The van der Waals surface area contributed by atoms with Crippen molar-refractivity contribution in [2.75, 3.05) is 19.8 Å². The largest absolute Gasteiger partial charge is 0.494 e. The second-order valence-corrected chi connectivity index (χ2v) is 5.46. The SMILES string of the molecule is CCOc1ccc(C(C)(NCC2CCCO2)C(N)=O)cc1. The number of hydrogen-bond acceptors (Lipinski definition) is 4. The summed E-state index contributed by atoms with van der Waals surface area (Å²) >= 11 is 0. The number of amides is 1. The van der Waals surface area contributed by atoms with Crippen LogP contribution >= 0.6 is 0 Å². The topological polar surface area (TPSA) is 73.6 Å². The molecule has 0 aromatic heterocycles. The van der Waals surface area contributed by atoms with Gasteiger partial charge in [-0.05, 0) is 44.4 Å². The van der Waals surface area contributed by atoms with Crippen molar-refractivity contribution in [2.45, 2.75) is 38.3 Å². The zero-order chi connectivity index (χ0) is 15.3. The van der Waals surface area contributed by atoms with E-state index in [1.54, 1.807) is 6.92 Å². The minimum Gasteiger partial charge on any atom is -0.494 e. The van der Waals surface area contributed by atoms with Gasteiger partial charge >= 0.3 is 0 Å². The van der Waals surface area contributed by atoms with Crippen LogP contribution in [0.15, 0.2) is 24.3 Å². The molecule has 1 saturated heterocycles. The summed E-state index contributed by atoms with van der Waals surface area (Å²) in [6.07, 6.45) is 2.25. The van der Waals surface area contributed by atoms with Gasteiger partial charge in [0.2, 0.25) is 5.91 Å². The van der Waals surface area contributed by atoms with Crippen LogP contribution in [-0.2, 0) is 15.1 Å². The Morgan fingerprint density at radius 2 is 2.19 bits per heavy atom. The monoisotopic (exact) mass is 292 g/mol. The number of benzene rings is 1. The molecule has 0 bridgehead atoms. The average molecular weight is 292 g/mol. The van der Waals surface area contributed by atoms with Gasteiger partial charge in [0.1, 0.15) is 11.3 Å². The van der Waals surface area contributed by atoms with E-state index in [2.05, 4.69) is 5.32 Å². The molecule has 5 nitrogen and oxygen atoms in total. The van der Waals surface area contributed by atoms with Crippen molar-refractivity contribution in [3.63, 3.8) is 0 Å². The third-order valence-electron chi connectivity index (χ3n) is 3.94. The van der Waals surface area contributed by atoms with Gasteiger partial charge in [-0.15, -0.1) is 0 Å². The number of nitrogens with one attached hydrogen (secondary N) is 1. The molecule has 1 aliphatic rings. The maximum Gasteiger partial charge on any atom is 0.242 e. The molecule has 1 aromatic carbocycles. The van der Waals surface area contributed by atoms with Crippen LogP contribution in [0.3, 0.4) is 0 Å². The molecule has 2 unspecified atom stereocenters. The molecule has 0 aliphatic carbocycles. The van der Waals surface area contributed by atoms with Crippen LogP contribution in [0.1, 0.15) is 32.3 Å². The van der Waals surface area contributed by atoms with Gasteiger partial charge in [0.25, 0.3) is 0 Å². The van der Waals surface area contributed by atoms with Crippen molar-refractivity contribution in [3.05, 3.63) is 29.8 Å². The molecule has 3 N–H and O–H groups in total. The Morgan fingerprint density at radius 3 is 2.71 bits per heavy atom. The molecule has 116 valence electrons. The number of ether oxygens (including phenoxy) is 2. The lowest BCUT2D eigenvalue weighted by Crippen LogP contribution is -2.52. The van der Waals surface area contributed by atoms with Gasteiger partial charge in [-0.2, -0.15) is 0 Å². The van der Waals surface area contributed by atoms with Gasteiger partial charge in [-0.25, -0.2) is 0 Å². The van der Waals surface area contributed by atoms with E-state index < -0.39 is 11.4 Å². The highest BCUT2D eigenvalue weighted by molar-refractivity contribution is 5.85. The van der Waals surface area contributed by atoms with Gasteiger partial charge < -0.3 is 15.2 Å². The van der Waals surface area contributed by atoms with E-state index in [9.17, 15) is 4.79 Å². The van der Waals surface area contributed by atoms with Crippen LogP contribution in [0.2, 0.25) is 0 Å². The third-order valence-corrected chi connectivity index (χ3v) is 3.94. The average Bonchev–Trinajstić information content (AvgIpc) is 2.99. The van der Waals surface area contributed by atoms with Crippen LogP contribution in [-0.4, -0.2) is 31.8 Å². The van der Waals surface area contributed by atoms with E-state index in [1.807, 2.05) is 31.2 Å². The third kappa shape index (κ3) is 3.74. The molecule has 0 radical (unpaired) electrons. The highest BCUT2D eigenvalue weighted by atomic mass is 16.5. The molecule has 1 amide bonds. The normalized spacial score (nSPS) is 21.0. The Kier molecular flexibility index (Phi) is 5.20. The fraction of sp³-hybridized carbons (Fsp3) is 0.562. The molecule has 1 aliphatic heterocycles. The summed E-state index contributed by atoms with van der Waals surface area (Å²) in [6.45, 7) is 5.77. The molecular formula is C16H24N2O3. The Bertz CT molecular complexity index is 469. The van der Waals surface area contributed by atoms with E-state index in [-0.39, 0.29) is 6.10 Å². The first-order valence-electron chi connectivity index (χ1n) is 7.46. The summed E-state index contributed by atoms with van der Waals surface area (Å²) in [7, 11) is 0. The molecule has 1 aromatic rings. The Balaban J connectivity index is 2.10. The second kappa shape index (κ2) is 6.91. The maximum atomic E-state index is 11.9. The number of nitrogens with two attached hydrogens (primary N) is 1. The molecule has 1 heterocycles. The fourth-order valence-electron chi connectivity index (χ4n) is 2.51. The lowest BCUT2D eigenvalue weighted by Gasteiger charge is -2.29. The minimum absolute atomic E-state index is 0.159. The van der Waals surface area contributed by atoms with E-state index in [0.29, 0.717) is 13.2 Å². The lowest BCUT2D eigenvalue weighted by atomic mass is 9.91. The molecule has 2 rings (SSSR count). The van der Waals surface area contributed by atoms with Crippen molar-refractivity contribution in [2.24, 2.45) is 5.73 Å². The predicted molar refractivity (Wildman–Crippen MR) is 81.1 cm³/mol. The first-order valence-corrected chi connectivity index (χ1v) is 7.46. The van der Waals surface area contributed by atoms with Crippen LogP contribution < -0.4 is 15.8 Å². The van der Waals surface area contributed by atoms with Gasteiger partial charge in [-0.3, -0.25) is 10.1 Å². The summed E-state index contributed by atoms with van der Waals surface area (Å²) < 4.78 is 11.0. The summed E-state index contributed by atoms with van der Waals surface area (Å²) in [4.78, 5) is 11.9. The van der Waals surface area contributed by atoms with Crippen LogP contribution in [0, 0.1) is 0 Å². The van der Waals surface area contributed by atoms with Crippen molar-refractivity contribution in [3.8, 4) is 5.75 Å². The van der Waals surface area contributed by atoms with Gasteiger partial charge in [0, 0.05) is 13.2 Å². The Hall–Kier alpha value is -1.59. The molecule has 2 atom stereocenters. The zero-order valence-electron chi connectivity index (χ0n) is 12.7. The first kappa shape index (κ1) is 15.8. The number of hydrogen-bond donors (Lipinski definition) is 2. The Morgan fingerprint density at radius 1 is 1.48 bits per heavy atom.